The Labute approximate surface area is 151 Å². The predicted molar refractivity (Wildman–Crippen MR) is 99.5 cm³/mol. The van der Waals surface area contributed by atoms with Gasteiger partial charge in [0.05, 0.1) is 6.26 Å². The van der Waals surface area contributed by atoms with Crippen molar-refractivity contribution in [3.05, 3.63) is 35.4 Å². The van der Waals surface area contributed by atoms with Crippen molar-refractivity contribution in [3.8, 4) is 0 Å². The molecule has 1 aliphatic rings. The summed E-state index contributed by atoms with van der Waals surface area (Å²) >= 11 is 0. The van der Waals surface area contributed by atoms with E-state index in [0.29, 0.717) is 25.6 Å². The molecule has 25 heavy (non-hydrogen) atoms. The maximum absolute atomic E-state index is 12.5. The SMILES string of the molecule is CC(C)N(C)Cc1ccccc1CNC(=O)C1CCCN1S(C)(=O)=O. The molecule has 1 heterocycles. The van der Waals surface area contributed by atoms with E-state index in [1.807, 2.05) is 18.2 Å². The first-order valence-corrected chi connectivity index (χ1v) is 10.6. The topological polar surface area (TPSA) is 69.7 Å². The van der Waals surface area contributed by atoms with Crippen LogP contribution in [0.3, 0.4) is 0 Å². The summed E-state index contributed by atoms with van der Waals surface area (Å²) in [6.45, 7) is 5.93. The number of amides is 1. The quantitative estimate of drug-likeness (QED) is 0.794. The van der Waals surface area contributed by atoms with Gasteiger partial charge in [-0.25, -0.2) is 8.42 Å². The molecule has 1 atom stereocenters. The van der Waals surface area contributed by atoms with Crippen molar-refractivity contribution >= 4 is 15.9 Å². The molecular weight excluding hydrogens is 338 g/mol. The molecule has 6 nitrogen and oxygen atoms in total. The van der Waals surface area contributed by atoms with Crippen LogP contribution in [0.15, 0.2) is 24.3 Å². The van der Waals surface area contributed by atoms with Crippen LogP contribution in [0.25, 0.3) is 0 Å². The number of carbonyl (C=O) groups is 1. The van der Waals surface area contributed by atoms with Gasteiger partial charge in [0.25, 0.3) is 0 Å². The van der Waals surface area contributed by atoms with Gasteiger partial charge in [-0.05, 0) is 44.9 Å². The van der Waals surface area contributed by atoms with Crippen molar-refractivity contribution in [2.45, 2.75) is 51.9 Å². The zero-order chi connectivity index (χ0) is 18.6. The van der Waals surface area contributed by atoms with E-state index in [4.69, 9.17) is 0 Å². The smallest absolute Gasteiger partial charge is 0.238 e. The Balaban J connectivity index is 2.03. The minimum Gasteiger partial charge on any atom is -0.351 e. The van der Waals surface area contributed by atoms with Gasteiger partial charge in [-0.15, -0.1) is 0 Å². The zero-order valence-electron chi connectivity index (χ0n) is 15.5. The van der Waals surface area contributed by atoms with Gasteiger partial charge in [-0.2, -0.15) is 4.31 Å². The van der Waals surface area contributed by atoms with Gasteiger partial charge >= 0.3 is 0 Å². The number of nitrogens with zero attached hydrogens (tertiary/aromatic N) is 2. The lowest BCUT2D eigenvalue weighted by atomic mass is 10.1. The molecule has 1 unspecified atom stereocenters. The second-order valence-corrected chi connectivity index (χ2v) is 8.96. The lowest BCUT2D eigenvalue weighted by molar-refractivity contribution is -0.124. The van der Waals surface area contributed by atoms with Crippen LogP contribution >= 0.6 is 0 Å². The van der Waals surface area contributed by atoms with Crippen molar-refractivity contribution < 1.29 is 13.2 Å². The standard InChI is InChI=1S/C18H29N3O3S/c1-14(2)20(3)13-16-9-6-5-8-15(16)12-19-18(22)17-10-7-11-21(17)25(4,23)24/h5-6,8-9,14,17H,7,10-13H2,1-4H3,(H,19,22). The normalized spacial score (nSPS) is 18.9. The second-order valence-electron chi connectivity index (χ2n) is 7.03. The summed E-state index contributed by atoms with van der Waals surface area (Å²) in [7, 11) is -1.28. The summed E-state index contributed by atoms with van der Waals surface area (Å²) in [5, 5.41) is 2.92. The average molecular weight is 368 g/mol. The summed E-state index contributed by atoms with van der Waals surface area (Å²) in [5.74, 6) is -0.213. The molecule has 140 valence electrons. The van der Waals surface area contributed by atoms with Crippen LogP contribution in [-0.4, -0.2) is 55.5 Å². The van der Waals surface area contributed by atoms with Crippen LogP contribution in [0.1, 0.15) is 37.8 Å². The van der Waals surface area contributed by atoms with Crippen molar-refractivity contribution in [1.82, 2.24) is 14.5 Å². The molecule has 0 aliphatic carbocycles. The lowest BCUT2D eigenvalue weighted by Gasteiger charge is -2.24. The maximum Gasteiger partial charge on any atom is 0.238 e. The molecule has 0 saturated carbocycles. The molecule has 1 aliphatic heterocycles. The van der Waals surface area contributed by atoms with Crippen molar-refractivity contribution in [2.75, 3.05) is 19.8 Å². The molecule has 0 radical (unpaired) electrons. The lowest BCUT2D eigenvalue weighted by Crippen LogP contribution is -2.45. The van der Waals surface area contributed by atoms with Gasteiger partial charge in [0.2, 0.25) is 15.9 Å². The molecule has 1 aromatic carbocycles. The summed E-state index contributed by atoms with van der Waals surface area (Å²) in [5.41, 5.74) is 2.23. The highest BCUT2D eigenvalue weighted by Crippen LogP contribution is 2.20. The fourth-order valence-corrected chi connectivity index (χ4v) is 4.16. The molecule has 0 bridgehead atoms. The third-order valence-corrected chi connectivity index (χ3v) is 6.09. The van der Waals surface area contributed by atoms with E-state index in [9.17, 15) is 13.2 Å². The predicted octanol–water partition coefficient (Wildman–Crippen LogP) is 1.57. The highest BCUT2D eigenvalue weighted by atomic mass is 32.2. The van der Waals surface area contributed by atoms with Crippen LogP contribution in [0.4, 0.5) is 0 Å². The monoisotopic (exact) mass is 367 g/mol. The van der Waals surface area contributed by atoms with Gasteiger partial charge in [0.15, 0.2) is 0 Å². The van der Waals surface area contributed by atoms with E-state index in [2.05, 4.69) is 37.2 Å². The summed E-state index contributed by atoms with van der Waals surface area (Å²) < 4.78 is 24.9. The highest BCUT2D eigenvalue weighted by molar-refractivity contribution is 7.88. The van der Waals surface area contributed by atoms with Gasteiger partial charge in [-0.1, -0.05) is 24.3 Å². The first-order valence-electron chi connectivity index (χ1n) is 8.71. The fourth-order valence-electron chi connectivity index (χ4n) is 3.03. The Bertz CT molecular complexity index is 703. The highest BCUT2D eigenvalue weighted by Gasteiger charge is 2.36. The number of carbonyl (C=O) groups excluding carboxylic acids is 1. The Morgan fingerprint density at radius 3 is 2.56 bits per heavy atom. The van der Waals surface area contributed by atoms with E-state index in [0.717, 1.165) is 24.8 Å². The molecule has 1 fully saturated rings. The minimum atomic E-state index is -3.35. The molecule has 7 heteroatoms. The van der Waals surface area contributed by atoms with Crippen LogP contribution in [0.2, 0.25) is 0 Å². The molecule has 1 aromatic rings. The minimum absolute atomic E-state index is 0.213. The number of benzene rings is 1. The van der Waals surface area contributed by atoms with Crippen molar-refractivity contribution in [2.24, 2.45) is 0 Å². The van der Waals surface area contributed by atoms with Gasteiger partial charge in [0, 0.05) is 25.7 Å². The molecule has 1 amide bonds. The Morgan fingerprint density at radius 2 is 1.96 bits per heavy atom. The van der Waals surface area contributed by atoms with Gasteiger partial charge < -0.3 is 5.32 Å². The molecular formula is C18H29N3O3S. The Morgan fingerprint density at radius 1 is 1.32 bits per heavy atom. The van der Waals surface area contributed by atoms with E-state index in [1.165, 1.54) is 9.87 Å². The number of rotatable bonds is 7. The largest absolute Gasteiger partial charge is 0.351 e. The Hall–Kier alpha value is -1.44. The molecule has 1 N–H and O–H groups in total. The second kappa shape index (κ2) is 8.29. The summed E-state index contributed by atoms with van der Waals surface area (Å²) in [6, 6.07) is 7.88. The van der Waals surface area contributed by atoms with Gasteiger partial charge in [0.1, 0.15) is 6.04 Å². The molecule has 0 aromatic heterocycles. The van der Waals surface area contributed by atoms with Crippen LogP contribution in [-0.2, 0) is 27.9 Å². The van der Waals surface area contributed by atoms with E-state index >= 15 is 0 Å². The van der Waals surface area contributed by atoms with Crippen LogP contribution < -0.4 is 5.32 Å². The van der Waals surface area contributed by atoms with Crippen LogP contribution in [0.5, 0.6) is 0 Å². The number of hydrogen-bond donors (Lipinski definition) is 1. The number of sulfonamides is 1. The first kappa shape index (κ1) is 19.9. The van der Waals surface area contributed by atoms with Crippen molar-refractivity contribution in [1.29, 1.82) is 0 Å². The number of hydrogen-bond acceptors (Lipinski definition) is 4. The Kier molecular flexibility index (Phi) is 6.59. The molecule has 0 spiro atoms. The van der Waals surface area contributed by atoms with E-state index < -0.39 is 16.1 Å². The van der Waals surface area contributed by atoms with Gasteiger partial charge in [-0.3, -0.25) is 9.69 Å². The first-order chi connectivity index (χ1) is 11.7. The average Bonchev–Trinajstić information content (AvgIpc) is 3.03. The van der Waals surface area contributed by atoms with E-state index in [-0.39, 0.29) is 5.91 Å². The molecule has 2 rings (SSSR count). The number of nitrogens with one attached hydrogen (secondary N) is 1. The zero-order valence-corrected chi connectivity index (χ0v) is 16.3. The summed E-state index contributed by atoms with van der Waals surface area (Å²) in [6.07, 6.45) is 2.47. The van der Waals surface area contributed by atoms with Crippen molar-refractivity contribution in [3.63, 3.8) is 0 Å². The molecule has 1 saturated heterocycles. The third kappa shape index (κ3) is 5.26. The maximum atomic E-state index is 12.5. The summed E-state index contributed by atoms with van der Waals surface area (Å²) in [4.78, 5) is 14.7. The van der Waals surface area contributed by atoms with Crippen LogP contribution in [0, 0.1) is 0 Å². The third-order valence-electron chi connectivity index (χ3n) is 4.81. The van der Waals surface area contributed by atoms with E-state index in [1.54, 1.807) is 0 Å². The fraction of sp³-hybridized carbons (Fsp3) is 0.611.